The Labute approximate surface area is 229 Å². The number of Topliss-reactive ketones (excluding diaryl/α,β-unsaturated/α-hetero) is 1. The first-order valence-electron chi connectivity index (χ1n) is 12.0. The van der Waals surface area contributed by atoms with E-state index >= 15 is 0 Å². The molecule has 0 saturated carbocycles. The molecule has 0 radical (unpaired) electrons. The summed E-state index contributed by atoms with van der Waals surface area (Å²) in [6.45, 7) is 3.82. The topological polar surface area (TPSA) is 117 Å². The quantitative estimate of drug-likeness (QED) is 0.192. The lowest BCUT2D eigenvalue weighted by molar-refractivity contribution is -0.130. The van der Waals surface area contributed by atoms with Gasteiger partial charge in [0.2, 0.25) is 5.75 Å². The fourth-order valence-electron chi connectivity index (χ4n) is 4.22. The largest absolute Gasteiger partial charge is 0.493 e. The number of carbonyl (C=O) groups is 2. The fraction of sp³-hybridized carbons (Fsp3) is 0.241. The minimum absolute atomic E-state index is 0.0191. The van der Waals surface area contributed by atoms with E-state index in [1.165, 1.54) is 21.3 Å². The van der Waals surface area contributed by atoms with Crippen LogP contribution in [0.15, 0.2) is 60.2 Å². The van der Waals surface area contributed by atoms with Crippen molar-refractivity contribution >= 4 is 40.1 Å². The lowest BCUT2D eigenvalue weighted by Crippen LogP contribution is -2.14. The summed E-state index contributed by atoms with van der Waals surface area (Å²) in [4.78, 5) is 26.7. The number of hydrogen-bond acceptors (Lipinski definition) is 9. The Morgan fingerprint density at radius 1 is 0.846 bits per heavy atom. The molecule has 10 heteroatoms. The maximum Gasteiger partial charge on any atom is 0.336 e. The number of fused-ring (bicyclic) bond motifs is 1. The lowest BCUT2D eigenvalue weighted by atomic mass is 9.89. The van der Waals surface area contributed by atoms with Gasteiger partial charge in [-0.1, -0.05) is 6.07 Å². The summed E-state index contributed by atoms with van der Waals surface area (Å²) in [6, 6.07) is 15.0. The van der Waals surface area contributed by atoms with Crippen LogP contribution in [0.25, 0.3) is 16.6 Å². The number of ketones is 1. The van der Waals surface area contributed by atoms with Crippen LogP contribution in [0, 0.1) is 0 Å². The van der Waals surface area contributed by atoms with Crippen LogP contribution in [0.2, 0.25) is 0 Å². The van der Waals surface area contributed by atoms with Gasteiger partial charge in [0.15, 0.2) is 17.3 Å². The number of rotatable bonds is 11. The molecule has 4 aromatic rings. The van der Waals surface area contributed by atoms with Gasteiger partial charge in [-0.05, 0) is 73.5 Å². The van der Waals surface area contributed by atoms with Gasteiger partial charge in [-0.3, -0.25) is 4.79 Å². The van der Waals surface area contributed by atoms with Gasteiger partial charge in [0.1, 0.15) is 16.8 Å². The van der Waals surface area contributed by atoms with Crippen molar-refractivity contribution in [3.05, 3.63) is 76.9 Å². The highest BCUT2D eigenvalue weighted by Crippen LogP contribution is 2.39. The van der Waals surface area contributed by atoms with E-state index in [1.54, 1.807) is 54.6 Å². The van der Waals surface area contributed by atoms with Crippen LogP contribution in [0.5, 0.6) is 23.0 Å². The molecule has 0 bridgehead atoms. The SMILES string of the molecule is COc1cc(C/C(C(=O)c2ccc(OC(C)C)cc2)=C(\C(=O)O)c2ccc3nsnc3c2)cc(OC)c1OC. The predicted molar refractivity (Wildman–Crippen MR) is 148 cm³/mol. The first kappa shape index (κ1) is 27.6. The number of nitrogens with zero attached hydrogens (tertiary/aromatic N) is 2. The summed E-state index contributed by atoms with van der Waals surface area (Å²) in [5.74, 6) is 0.0983. The maximum absolute atomic E-state index is 14.0. The van der Waals surface area contributed by atoms with E-state index < -0.39 is 11.8 Å². The molecule has 39 heavy (non-hydrogen) atoms. The number of aromatic nitrogens is 2. The Hall–Kier alpha value is -4.44. The van der Waals surface area contributed by atoms with E-state index in [9.17, 15) is 14.7 Å². The van der Waals surface area contributed by atoms with Gasteiger partial charge in [-0.2, -0.15) is 8.75 Å². The molecule has 0 aliphatic carbocycles. The molecule has 1 N–H and O–H groups in total. The molecule has 1 heterocycles. The summed E-state index contributed by atoms with van der Waals surface area (Å²) < 4.78 is 30.5. The normalized spacial score (nSPS) is 11.7. The number of aliphatic carboxylic acids is 1. The number of benzene rings is 3. The van der Waals surface area contributed by atoms with E-state index in [0.29, 0.717) is 50.7 Å². The number of hydrogen-bond donors (Lipinski definition) is 1. The van der Waals surface area contributed by atoms with E-state index in [-0.39, 0.29) is 23.7 Å². The van der Waals surface area contributed by atoms with Crippen LogP contribution < -0.4 is 18.9 Å². The number of carboxylic acids is 1. The molecule has 0 amide bonds. The van der Waals surface area contributed by atoms with Crippen molar-refractivity contribution in [3.8, 4) is 23.0 Å². The Morgan fingerprint density at radius 2 is 1.46 bits per heavy atom. The average molecular weight is 549 g/mol. The minimum atomic E-state index is -1.24. The number of methoxy groups -OCH3 is 3. The third-order valence-corrected chi connectivity index (χ3v) is 6.48. The molecule has 0 fully saturated rings. The Bertz CT molecular complexity index is 1520. The smallest absolute Gasteiger partial charge is 0.336 e. The predicted octanol–water partition coefficient (Wildman–Crippen LogP) is 5.47. The third kappa shape index (κ3) is 6.01. The molecule has 1 aromatic heterocycles. The summed E-state index contributed by atoms with van der Waals surface area (Å²) >= 11 is 1.03. The van der Waals surface area contributed by atoms with E-state index in [1.807, 2.05) is 13.8 Å². The number of ether oxygens (including phenoxy) is 4. The average Bonchev–Trinajstić information content (AvgIpc) is 3.39. The van der Waals surface area contributed by atoms with Gasteiger partial charge in [0, 0.05) is 17.6 Å². The van der Waals surface area contributed by atoms with Crippen molar-refractivity contribution in [2.45, 2.75) is 26.4 Å². The zero-order valence-corrected chi connectivity index (χ0v) is 23.0. The second kappa shape index (κ2) is 12.0. The molecule has 4 rings (SSSR count). The number of carboxylic acid groups (broad SMARTS) is 1. The molecule has 202 valence electrons. The van der Waals surface area contributed by atoms with Gasteiger partial charge in [0.25, 0.3) is 0 Å². The molecule has 0 spiro atoms. The highest BCUT2D eigenvalue weighted by atomic mass is 32.1. The highest BCUT2D eigenvalue weighted by molar-refractivity contribution is 7.00. The Kier molecular flexibility index (Phi) is 8.46. The minimum Gasteiger partial charge on any atom is -0.493 e. The number of allylic oxidation sites excluding steroid dienone is 1. The summed E-state index contributed by atoms with van der Waals surface area (Å²) in [6.07, 6.45) is -0.0508. The molecular weight excluding hydrogens is 520 g/mol. The van der Waals surface area contributed by atoms with Crippen molar-refractivity contribution in [3.63, 3.8) is 0 Å². The standard InChI is InChI=1S/C29H28N2O7S/c1-16(2)38-20-9-6-18(7-10-20)27(32)21(12-17-13-24(35-3)28(37-5)25(14-17)36-4)26(29(33)34)19-8-11-22-23(15-19)31-39-30-22/h6-11,13-16H,12H2,1-5H3,(H,33,34)/b26-21+. The maximum atomic E-state index is 14.0. The van der Waals surface area contributed by atoms with E-state index in [0.717, 1.165) is 11.7 Å². The zero-order chi connectivity index (χ0) is 28.1. The second-order valence-electron chi connectivity index (χ2n) is 8.86. The van der Waals surface area contributed by atoms with Gasteiger partial charge < -0.3 is 24.1 Å². The second-order valence-corrected chi connectivity index (χ2v) is 9.39. The zero-order valence-electron chi connectivity index (χ0n) is 22.2. The molecule has 9 nitrogen and oxygen atoms in total. The first-order valence-corrected chi connectivity index (χ1v) is 12.8. The van der Waals surface area contributed by atoms with Gasteiger partial charge in [-0.15, -0.1) is 0 Å². The molecule has 0 saturated heterocycles. The Balaban J connectivity index is 1.89. The van der Waals surface area contributed by atoms with Gasteiger partial charge in [-0.25, -0.2) is 4.79 Å². The Morgan fingerprint density at radius 3 is 2.03 bits per heavy atom. The monoisotopic (exact) mass is 548 g/mol. The van der Waals surface area contributed by atoms with Crippen LogP contribution >= 0.6 is 11.7 Å². The van der Waals surface area contributed by atoms with Crippen LogP contribution in [-0.2, 0) is 11.2 Å². The van der Waals surface area contributed by atoms with E-state index in [4.69, 9.17) is 18.9 Å². The van der Waals surface area contributed by atoms with Crippen molar-refractivity contribution in [2.24, 2.45) is 0 Å². The summed E-state index contributed by atoms with van der Waals surface area (Å²) in [5.41, 5.74) is 2.41. The van der Waals surface area contributed by atoms with Gasteiger partial charge >= 0.3 is 5.97 Å². The molecule has 0 atom stereocenters. The molecule has 0 aliphatic rings. The van der Waals surface area contributed by atoms with Crippen molar-refractivity contribution in [2.75, 3.05) is 21.3 Å². The number of carbonyl (C=O) groups excluding carboxylic acids is 1. The third-order valence-electron chi connectivity index (χ3n) is 5.93. The summed E-state index contributed by atoms with van der Waals surface area (Å²) in [5, 5.41) is 10.4. The van der Waals surface area contributed by atoms with Crippen molar-refractivity contribution in [1.29, 1.82) is 0 Å². The molecular formula is C29H28N2O7S. The molecule has 0 aliphatic heterocycles. The lowest BCUT2D eigenvalue weighted by Gasteiger charge is -2.17. The van der Waals surface area contributed by atoms with Crippen LogP contribution in [0.1, 0.15) is 35.3 Å². The van der Waals surface area contributed by atoms with Gasteiger partial charge in [0.05, 0.1) is 44.7 Å². The summed E-state index contributed by atoms with van der Waals surface area (Å²) in [7, 11) is 4.47. The molecule has 3 aromatic carbocycles. The van der Waals surface area contributed by atoms with E-state index in [2.05, 4.69) is 8.75 Å². The van der Waals surface area contributed by atoms with Crippen molar-refractivity contribution < 1.29 is 33.6 Å². The highest BCUT2D eigenvalue weighted by Gasteiger charge is 2.26. The van der Waals surface area contributed by atoms with Crippen molar-refractivity contribution in [1.82, 2.24) is 8.75 Å². The van der Waals surface area contributed by atoms with Crippen LogP contribution in [0.3, 0.4) is 0 Å². The first-order chi connectivity index (χ1) is 18.7. The van der Waals surface area contributed by atoms with Crippen LogP contribution in [0.4, 0.5) is 0 Å². The fourth-order valence-corrected chi connectivity index (χ4v) is 4.74. The molecule has 0 unspecified atom stereocenters. The van der Waals surface area contributed by atoms with Crippen LogP contribution in [-0.4, -0.2) is 53.0 Å².